The lowest BCUT2D eigenvalue weighted by molar-refractivity contribution is 0.122. The second kappa shape index (κ2) is 7.89. The molecule has 28 heavy (non-hydrogen) atoms. The molecule has 1 aliphatic rings. The molecule has 0 amide bonds. The zero-order valence-electron chi connectivity index (χ0n) is 16.0. The third-order valence-electron chi connectivity index (χ3n) is 4.95. The van der Waals surface area contributed by atoms with Gasteiger partial charge in [-0.05, 0) is 38.1 Å². The maximum Gasteiger partial charge on any atom is 0.260 e. The average molecular weight is 402 g/mol. The summed E-state index contributed by atoms with van der Waals surface area (Å²) in [6.07, 6.45) is 0. The summed E-state index contributed by atoms with van der Waals surface area (Å²) in [6, 6.07) is 7.99. The van der Waals surface area contributed by atoms with E-state index in [1.165, 1.54) is 23.5 Å². The molecule has 4 rings (SSSR count). The smallest absolute Gasteiger partial charge is 0.260 e. The van der Waals surface area contributed by atoms with Crippen molar-refractivity contribution in [3.05, 3.63) is 57.1 Å². The molecule has 8 heteroatoms. The van der Waals surface area contributed by atoms with Crippen LogP contribution < -0.4 is 15.4 Å². The lowest BCUT2D eigenvalue weighted by Gasteiger charge is -2.28. The largest absolute Gasteiger partial charge is 0.378 e. The standard InChI is InChI=1S/C20H23FN4O2S/c1-3-23(17-6-4-15(21)5-7-17)13-16-12-18(26)25-19(14(2)28-20(25)22-16)24-8-10-27-11-9-24/h4-7,12H,3,8-11,13H2,1-2H3. The van der Waals surface area contributed by atoms with Crippen molar-refractivity contribution in [3.8, 4) is 0 Å². The van der Waals surface area contributed by atoms with Crippen LogP contribution in [0, 0.1) is 12.7 Å². The Bertz CT molecular complexity index is 1030. The van der Waals surface area contributed by atoms with Crippen molar-refractivity contribution in [1.82, 2.24) is 9.38 Å². The number of morpholine rings is 1. The summed E-state index contributed by atoms with van der Waals surface area (Å²) in [5, 5.41) is 0. The minimum atomic E-state index is -0.262. The van der Waals surface area contributed by atoms with Crippen LogP contribution in [0.5, 0.6) is 0 Å². The first-order valence-electron chi connectivity index (χ1n) is 9.42. The SMILES string of the molecule is CCN(Cc1cc(=O)n2c(N3CCOCC3)c(C)sc2n1)c1ccc(F)cc1. The van der Waals surface area contributed by atoms with E-state index in [1.54, 1.807) is 22.6 Å². The second-order valence-corrected chi connectivity index (χ2v) is 7.96. The Kier molecular flexibility index (Phi) is 5.32. The van der Waals surface area contributed by atoms with Gasteiger partial charge in [-0.1, -0.05) is 11.3 Å². The number of aryl methyl sites for hydroxylation is 1. The molecular weight excluding hydrogens is 379 g/mol. The van der Waals surface area contributed by atoms with Crippen LogP contribution in [0.25, 0.3) is 4.96 Å². The van der Waals surface area contributed by atoms with Gasteiger partial charge in [0, 0.05) is 36.3 Å². The van der Waals surface area contributed by atoms with E-state index in [2.05, 4.69) is 9.80 Å². The van der Waals surface area contributed by atoms with E-state index in [9.17, 15) is 9.18 Å². The number of ether oxygens (including phenoxy) is 1. The van der Waals surface area contributed by atoms with Crippen molar-refractivity contribution < 1.29 is 9.13 Å². The monoisotopic (exact) mass is 402 g/mol. The van der Waals surface area contributed by atoms with Gasteiger partial charge >= 0.3 is 0 Å². The molecule has 148 valence electrons. The van der Waals surface area contributed by atoms with Crippen LogP contribution in [0.15, 0.2) is 35.1 Å². The summed E-state index contributed by atoms with van der Waals surface area (Å²) in [4.78, 5) is 23.7. The molecule has 1 aromatic carbocycles. The number of halogens is 1. The number of fused-ring (bicyclic) bond motifs is 1. The molecule has 0 aliphatic carbocycles. The zero-order valence-corrected chi connectivity index (χ0v) is 16.8. The van der Waals surface area contributed by atoms with Crippen molar-refractivity contribution in [3.63, 3.8) is 0 Å². The van der Waals surface area contributed by atoms with E-state index in [-0.39, 0.29) is 11.4 Å². The minimum absolute atomic E-state index is 0.0685. The first-order chi connectivity index (χ1) is 13.6. The van der Waals surface area contributed by atoms with Crippen molar-refractivity contribution in [2.45, 2.75) is 20.4 Å². The molecule has 1 saturated heterocycles. The van der Waals surface area contributed by atoms with Gasteiger partial charge in [0.25, 0.3) is 5.56 Å². The Hall–Kier alpha value is -2.45. The van der Waals surface area contributed by atoms with E-state index < -0.39 is 0 Å². The Morgan fingerprint density at radius 3 is 2.64 bits per heavy atom. The van der Waals surface area contributed by atoms with Gasteiger partial charge in [0.1, 0.15) is 11.6 Å². The number of hydrogen-bond acceptors (Lipinski definition) is 6. The molecule has 0 N–H and O–H groups in total. The van der Waals surface area contributed by atoms with Gasteiger partial charge in [-0.15, -0.1) is 0 Å². The molecule has 0 saturated carbocycles. The highest BCUT2D eigenvalue weighted by Gasteiger charge is 2.21. The number of nitrogens with zero attached hydrogens (tertiary/aromatic N) is 4. The van der Waals surface area contributed by atoms with Crippen molar-refractivity contribution in [2.75, 3.05) is 42.6 Å². The van der Waals surface area contributed by atoms with Gasteiger partial charge in [0.15, 0.2) is 4.96 Å². The van der Waals surface area contributed by atoms with Crippen molar-refractivity contribution in [1.29, 1.82) is 0 Å². The molecule has 3 heterocycles. The molecule has 1 fully saturated rings. The lowest BCUT2D eigenvalue weighted by atomic mass is 10.2. The fourth-order valence-corrected chi connectivity index (χ4v) is 4.58. The minimum Gasteiger partial charge on any atom is -0.378 e. The number of thiazole rings is 1. The third-order valence-corrected chi connectivity index (χ3v) is 5.89. The maximum atomic E-state index is 13.2. The van der Waals surface area contributed by atoms with Gasteiger partial charge in [-0.3, -0.25) is 4.79 Å². The summed E-state index contributed by atoms with van der Waals surface area (Å²) in [5.41, 5.74) is 1.55. The first-order valence-corrected chi connectivity index (χ1v) is 10.2. The third kappa shape index (κ3) is 3.62. The Balaban J connectivity index is 1.67. The summed E-state index contributed by atoms with van der Waals surface area (Å²) < 4.78 is 20.4. The van der Waals surface area contributed by atoms with E-state index in [1.807, 2.05) is 13.8 Å². The lowest BCUT2D eigenvalue weighted by Crippen LogP contribution is -2.38. The zero-order chi connectivity index (χ0) is 19.7. The Morgan fingerprint density at radius 1 is 1.25 bits per heavy atom. The molecular formula is C20H23FN4O2S. The van der Waals surface area contributed by atoms with E-state index in [0.29, 0.717) is 30.4 Å². The van der Waals surface area contributed by atoms with Crippen LogP contribution in [0.3, 0.4) is 0 Å². The molecule has 0 radical (unpaired) electrons. The highest BCUT2D eigenvalue weighted by molar-refractivity contribution is 7.17. The molecule has 0 unspecified atom stereocenters. The van der Waals surface area contributed by atoms with E-state index >= 15 is 0 Å². The average Bonchev–Trinajstić information content (AvgIpc) is 3.04. The highest BCUT2D eigenvalue weighted by Crippen LogP contribution is 2.28. The quantitative estimate of drug-likeness (QED) is 0.657. The van der Waals surface area contributed by atoms with Gasteiger partial charge in [0.2, 0.25) is 0 Å². The predicted molar refractivity (Wildman–Crippen MR) is 110 cm³/mol. The highest BCUT2D eigenvalue weighted by atomic mass is 32.1. The molecule has 1 aliphatic heterocycles. The summed E-state index contributed by atoms with van der Waals surface area (Å²) >= 11 is 1.53. The van der Waals surface area contributed by atoms with Crippen molar-refractivity contribution >= 4 is 27.8 Å². The molecule has 3 aromatic rings. The molecule has 0 atom stereocenters. The number of aromatic nitrogens is 2. The van der Waals surface area contributed by atoms with Crippen LogP contribution in [-0.2, 0) is 11.3 Å². The van der Waals surface area contributed by atoms with Gasteiger partial charge in [-0.25, -0.2) is 13.8 Å². The fraction of sp³-hybridized carbons (Fsp3) is 0.400. The second-order valence-electron chi connectivity index (χ2n) is 6.78. The molecule has 6 nitrogen and oxygen atoms in total. The summed E-state index contributed by atoms with van der Waals surface area (Å²) in [7, 11) is 0. The number of rotatable bonds is 5. The molecule has 2 aromatic heterocycles. The van der Waals surface area contributed by atoms with Crippen LogP contribution in [0.1, 0.15) is 17.5 Å². The number of hydrogen-bond donors (Lipinski definition) is 0. The molecule has 0 bridgehead atoms. The fourth-order valence-electron chi connectivity index (χ4n) is 3.56. The normalized spacial score (nSPS) is 14.6. The summed E-state index contributed by atoms with van der Waals surface area (Å²) in [5.74, 6) is 0.667. The Labute approximate surface area is 166 Å². The predicted octanol–water partition coefficient (Wildman–Crippen LogP) is 3.07. The van der Waals surface area contributed by atoms with E-state index in [0.717, 1.165) is 36.0 Å². The van der Waals surface area contributed by atoms with E-state index in [4.69, 9.17) is 9.72 Å². The number of benzene rings is 1. The van der Waals surface area contributed by atoms with Crippen LogP contribution in [0.4, 0.5) is 15.9 Å². The Morgan fingerprint density at radius 2 is 1.96 bits per heavy atom. The van der Waals surface area contributed by atoms with Crippen LogP contribution in [0.2, 0.25) is 0 Å². The summed E-state index contributed by atoms with van der Waals surface area (Å²) in [6.45, 7) is 8.16. The molecule has 0 spiro atoms. The van der Waals surface area contributed by atoms with Crippen LogP contribution in [-0.4, -0.2) is 42.2 Å². The van der Waals surface area contributed by atoms with Crippen LogP contribution >= 0.6 is 11.3 Å². The maximum absolute atomic E-state index is 13.2. The van der Waals surface area contributed by atoms with Gasteiger partial charge in [-0.2, -0.15) is 0 Å². The van der Waals surface area contributed by atoms with Gasteiger partial charge < -0.3 is 14.5 Å². The number of anilines is 2. The van der Waals surface area contributed by atoms with Crippen molar-refractivity contribution in [2.24, 2.45) is 0 Å². The first kappa shape index (κ1) is 18.9. The topological polar surface area (TPSA) is 50.1 Å². The van der Waals surface area contributed by atoms with Gasteiger partial charge in [0.05, 0.1) is 25.5 Å².